The Morgan fingerprint density at radius 1 is 1.07 bits per heavy atom. The number of rotatable bonds is 4. The first-order valence-electron chi connectivity index (χ1n) is 8.19. The van der Waals surface area contributed by atoms with Gasteiger partial charge in [-0.3, -0.25) is 14.8 Å². The topological polar surface area (TPSA) is 105 Å². The van der Waals surface area contributed by atoms with Gasteiger partial charge in [0.2, 0.25) is 5.91 Å². The van der Waals surface area contributed by atoms with E-state index in [4.69, 9.17) is 0 Å². The molecule has 27 heavy (non-hydrogen) atoms. The van der Waals surface area contributed by atoms with Gasteiger partial charge in [0.25, 0.3) is 10.0 Å². The molecule has 1 aliphatic rings. The average Bonchev–Trinajstić information content (AvgIpc) is 3.05. The maximum Gasteiger partial charge on any atom is 0.411 e. The van der Waals surface area contributed by atoms with Crippen molar-refractivity contribution >= 4 is 39.1 Å². The number of methoxy groups -OCH3 is 1. The molecule has 0 aliphatic carbocycles. The number of ether oxygens (including phenoxy) is 1. The van der Waals surface area contributed by atoms with Crippen LogP contribution in [0.1, 0.15) is 12.5 Å². The summed E-state index contributed by atoms with van der Waals surface area (Å²) in [7, 11) is -2.58. The Labute approximate surface area is 157 Å². The maximum absolute atomic E-state index is 12.6. The van der Waals surface area contributed by atoms with Crippen molar-refractivity contribution in [1.29, 1.82) is 0 Å². The number of fused-ring (bicyclic) bond motifs is 1. The number of anilines is 3. The van der Waals surface area contributed by atoms with Crippen LogP contribution in [0.25, 0.3) is 0 Å². The predicted molar refractivity (Wildman–Crippen MR) is 101 cm³/mol. The summed E-state index contributed by atoms with van der Waals surface area (Å²) in [5, 5.41) is 2.45. The molecule has 0 spiro atoms. The summed E-state index contributed by atoms with van der Waals surface area (Å²) >= 11 is 0. The van der Waals surface area contributed by atoms with Crippen LogP contribution in [-0.4, -0.2) is 34.1 Å². The van der Waals surface area contributed by atoms with Crippen LogP contribution in [0.15, 0.2) is 47.4 Å². The molecule has 0 saturated carbocycles. The van der Waals surface area contributed by atoms with Gasteiger partial charge in [0.05, 0.1) is 17.7 Å². The molecule has 1 heterocycles. The summed E-state index contributed by atoms with van der Waals surface area (Å²) in [6, 6.07) is 10.8. The van der Waals surface area contributed by atoms with Crippen LogP contribution in [0.3, 0.4) is 0 Å². The lowest BCUT2D eigenvalue weighted by molar-refractivity contribution is -0.116. The summed E-state index contributed by atoms with van der Waals surface area (Å²) in [5.74, 6) is -0.0811. The Bertz CT molecular complexity index is 987. The van der Waals surface area contributed by atoms with Gasteiger partial charge >= 0.3 is 6.09 Å². The largest absolute Gasteiger partial charge is 0.453 e. The normalized spacial score (nSPS) is 13.0. The summed E-state index contributed by atoms with van der Waals surface area (Å²) < 4.78 is 32.2. The van der Waals surface area contributed by atoms with Gasteiger partial charge < -0.3 is 9.64 Å². The number of amides is 2. The quantitative estimate of drug-likeness (QED) is 0.836. The van der Waals surface area contributed by atoms with E-state index >= 15 is 0 Å². The number of benzene rings is 2. The third kappa shape index (κ3) is 4.03. The molecule has 1 aliphatic heterocycles. The Balaban J connectivity index is 1.80. The second-order valence-electron chi connectivity index (χ2n) is 6.01. The van der Waals surface area contributed by atoms with E-state index in [1.165, 1.54) is 38.3 Å². The smallest absolute Gasteiger partial charge is 0.411 e. The van der Waals surface area contributed by atoms with Crippen molar-refractivity contribution in [3.63, 3.8) is 0 Å². The zero-order valence-corrected chi connectivity index (χ0v) is 15.7. The van der Waals surface area contributed by atoms with E-state index in [2.05, 4.69) is 14.8 Å². The third-order valence-electron chi connectivity index (χ3n) is 4.21. The van der Waals surface area contributed by atoms with Crippen molar-refractivity contribution in [1.82, 2.24) is 0 Å². The van der Waals surface area contributed by atoms with Gasteiger partial charge in [0, 0.05) is 24.8 Å². The van der Waals surface area contributed by atoms with Crippen LogP contribution in [0.2, 0.25) is 0 Å². The van der Waals surface area contributed by atoms with Gasteiger partial charge in [-0.05, 0) is 48.4 Å². The Morgan fingerprint density at radius 3 is 2.37 bits per heavy atom. The molecule has 0 saturated heterocycles. The second-order valence-corrected chi connectivity index (χ2v) is 7.69. The number of carbonyl (C=O) groups is 2. The highest BCUT2D eigenvalue weighted by Crippen LogP contribution is 2.31. The van der Waals surface area contributed by atoms with E-state index in [0.717, 1.165) is 17.7 Å². The van der Waals surface area contributed by atoms with Gasteiger partial charge in [0.1, 0.15) is 0 Å². The predicted octanol–water partition coefficient (Wildman–Crippen LogP) is 2.57. The fraction of sp³-hybridized carbons (Fsp3) is 0.222. The first-order chi connectivity index (χ1) is 12.8. The highest BCUT2D eigenvalue weighted by Gasteiger charge is 2.23. The van der Waals surface area contributed by atoms with Crippen molar-refractivity contribution in [3.05, 3.63) is 48.0 Å². The molecule has 8 nitrogen and oxygen atoms in total. The molecule has 0 fully saturated rings. The van der Waals surface area contributed by atoms with E-state index in [9.17, 15) is 18.0 Å². The minimum atomic E-state index is -3.82. The molecule has 2 aromatic rings. The van der Waals surface area contributed by atoms with Crippen molar-refractivity contribution in [2.24, 2.45) is 0 Å². The average molecular weight is 389 g/mol. The first-order valence-corrected chi connectivity index (χ1v) is 9.67. The molecule has 0 radical (unpaired) electrons. The Morgan fingerprint density at radius 2 is 1.74 bits per heavy atom. The van der Waals surface area contributed by atoms with Crippen LogP contribution in [0.5, 0.6) is 0 Å². The standard InChI is InChI=1S/C18H19N3O5S/c1-12(22)21-10-9-13-3-4-15(11-17(13)21)20-27(24,25)16-7-5-14(6-8-16)19-18(23)26-2/h3-8,11,20H,9-10H2,1-2H3,(H,19,23). The molecule has 0 atom stereocenters. The van der Waals surface area contributed by atoms with E-state index in [-0.39, 0.29) is 10.8 Å². The molecule has 0 aromatic heterocycles. The van der Waals surface area contributed by atoms with Crippen molar-refractivity contribution in [3.8, 4) is 0 Å². The summed E-state index contributed by atoms with van der Waals surface area (Å²) in [6.45, 7) is 2.07. The lowest BCUT2D eigenvalue weighted by atomic mass is 10.1. The van der Waals surface area contributed by atoms with Crippen molar-refractivity contribution in [2.75, 3.05) is 28.6 Å². The molecule has 0 bridgehead atoms. The molecular formula is C18H19N3O5S. The highest BCUT2D eigenvalue weighted by atomic mass is 32.2. The molecule has 0 unspecified atom stereocenters. The number of nitrogens with one attached hydrogen (secondary N) is 2. The molecule has 9 heteroatoms. The third-order valence-corrected chi connectivity index (χ3v) is 5.61. The van der Waals surface area contributed by atoms with E-state index in [0.29, 0.717) is 17.9 Å². The molecule has 2 amide bonds. The van der Waals surface area contributed by atoms with Crippen LogP contribution >= 0.6 is 0 Å². The van der Waals surface area contributed by atoms with Crippen LogP contribution < -0.4 is 14.9 Å². The number of hydrogen-bond acceptors (Lipinski definition) is 5. The summed E-state index contributed by atoms with van der Waals surface area (Å²) in [5.41, 5.74) is 2.51. The van der Waals surface area contributed by atoms with E-state index in [1.54, 1.807) is 17.0 Å². The van der Waals surface area contributed by atoms with Crippen LogP contribution in [0.4, 0.5) is 21.9 Å². The number of nitrogens with zero attached hydrogens (tertiary/aromatic N) is 1. The van der Waals surface area contributed by atoms with Gasteiger partial charge in [0.15, 0.2) is 0 Å². The second kappa shape index (κ2) is 7.28. The van der Waals surface area contributed by atoms with Gasteiger partial charge in [-0.2, -0.15) is 0 Å². The fourth-order valence-electron chi connectivity index (χ4n) is 2.87. The zero-order chi connectivity index (χ0) is 19.6. The first kappa shape index (κ1) is 18.7. The number of carbonyl (C=O) groups excluding carboxylic acids is 2. The molecule has 142 valence electrons. The molecular weight excluding hydrogens is 370 g/mol. The monoisotopic (exact) mass is 389 g/mol. The van der Waals surface area contributed by atoms with E-state index < -0.39 is 16.1 Å². The van der Waals surface area contributed by atoms with E-state index in [1.807, 2.05) is 6.07 Å². The van der Waals surface area contributed by atoms with Gasteiger partial charge in [-0.15, -0.1) is 0 Å². The minimum Gasteiger partial charge on any atom is -0.453 e. The molecule has 2 N–H and O–H groups in total. The lowest BCUT2D eigenvalue weighted by Crippen LogP contribution is -2.25. The summed E-state index contributed by atoms with van der Waals surface area (Å²) in [6.07, 6.45) is 0.105. The van der Waals surface area contributed by atoms with Gasteiger partial charge in [-0.1, -0.05) is 6.07 Å². The minimum absolute atomic E-state index is 0.0434. The maximum atomic E-state index is 12.6. The lowest BCUT2D eigenvalue weighted by Gasteiger charge is -2.16. The molecule has 2 aromatic carbocycles. The number of hydrogen-bond donors (Lipinski definition) is 2. The summed E-state index contributed by atoms with van der Waals surface area (Å²) in [4.78, 5) is 24.6. The van der Waals surface area contributed by atoms with Crippen molar-refractivity contribution in [2.45, 2.75) is 18.2 Å². The SMILES string of the molecule is COC(=O)Nc1ccc(S(=O)(=O)Nc2ccc3c(c2)N(C(C)=O)CC3)cc1. The number of sulfonamides is 1. The Hall–Kier alpha value is -3.07. The fourth-order valence-corrected chi connectivity index (χ4v) is 3.92. The highest BCUT2D eigenvalue weighted by molar-refractivity contribution is 7.92. The molecule has 3 rings (SSSR count). The van der Waals surface area contributed by atoms with Crippen molar-refractivity contribution < 1.29 is 22.7 Å². The zero-order valence-electron chi connectivity index (χ0n) is 14.9. The van der Waals surface area contributed by atoms with Gasteiger partial charge in [-0.25, -0.2) is 13.2 Å². The Kier molecular flexibility index (Phi) is 5.04. The van der Waals surface area contributed by atoms with Crippen LogP contribution in [-0.2, 0) is 26.0 Å². The van der Waals surface area contributed by atoms with Crippen LogP contribution in [0, 0.1) is 0 Å².